The van der Waals surface area contributed by atoms with Gasteiger partial charge in [0.2, 0.25) is 11.0 Å². The molecule has 0 saturated heterocycles. The number of nitrogens with zero attached hydrogens (tertiary/aromatic N) is 5. The van der Waals surface area contributed by atoms with Crippen LogP contribution in [0.1, 0.15) is 16.4 Å². The molecule has 0 aliphatic carbocycles. The average Bonchev–Trinajstić information content (AvgIpc) is 3.30. The van der Waals surface area contributed by atoms with Crippen LogP contribution in [0.15, 0.2) is 54.6 Å². The fraction of sp³-hybridized carbons (Fsp3) is 0.0556. The van der Waals surface area contributed by atoms with Gasteiger partial charge in [0, 0.05) is 22.1 Å². The maximum atomic E-state index is 12.5. The standard InChI is InChI=1S/C18H13ClN6OS/c1-11-20-16(23-25(11)14-9-7-13(19)8-10-14)17(26)22-18-21-15(24-27-18)12-5-3-2-4-6-12/h2-10H,1H3,(H,21,22,24,26). The Morgan fingerprint density at radius 2 is 1.81 bits per heavy atom. The SMILES string of the molecule is Cc1nc(C(=O)Nc2nc(-c3ccccc3)ns2)nn1-c1ccc(Cl)cc1. The summed E-state index contributed by atoms with van der Waals surface area (Å²) in [5.74, 6) is 0.761. The van der Waals surface area contributed by atoms with Gasteiger partial charge in [0.1, 0.15) is 5.82 Å². The van der Waals surface area contributed by atoms with Crippen molar-refractivity contribution in [3.05, 3.63) is 71.3 Å². The van der Waals surface area contributed by atoms with Gasteiger partial charge in [0.05, 0.1) is 5.69 Å². The zero-order valence-electron chi connectivity index (χ0n) is 14.1. The second-order valence-corrected chi connectivity index (χ2v) is 6.80. The van der Waals surface area contributed by atoms with Crippen LogP contribution < -0.4 is 5.32 Å². The van der Waals surface area contributed by atoms with Gasteiger partial charge >= 0.3 is 0 Å². The summed E-state index contributed by atoms with van der Waals surface area (Å²) in [5, 5.41) is 7.99. The van der Waals surface area contributed by atoms with Gasteiger partial charge in [0.15, 0.2) is 5.82 Å². The molecule has 0 fully saturated rings. The molecule has 27 heavy (non-hydrogen) atoms. The molecule has 0 radical (unpaired) electrons. The monoisotopic (exact) mass is 396 g/mol. The largest absolute Gasteiger partial charge is 0.297 e. The molecule has 4 aromatic rings. The molecule has 7 nitrogen and oxygen atoms in total. The molecule has 9 heteroatoms. The minimum absolute atomic E-state index is 0.0545. The van der Waals surface area contributed by atoms with Crippen molar-refractivity contribution in [2.75, 3.05) is 5.32 Å². The van der Waals surface area contributed by atoms with Crippen molar-refractivity contribution < 1.29 is 4.79 Å². The molecule has 0 spiro atoms. The van der Waals surface area contributed by atoms with Crippen LogP contribution in [-0.4, -0.2) is 30.0 Å². The van der Waals surface area contributed by atoms with Crippen molar-refractivity contribution in [1.82, 2.24) is 24.1 Å². The molecule has 134 valence electrons. The van der Waals surface area contributed by atoms with E-state index in [1.165, 1.54) is 0 Å². The number of hydrogen-bond donors (Lipinski definition) is 1. The predicted octanol–water partition coefficient (Wildman–Crippen LogP) is 4.00. The van der Waals surface area contributed by atoms with E-state index in [0.29, 0.717) is 21.8 Å². The zero-order valence-corrected chi connectivity index (χ0v) is 15.7. The minimum Gasteiger partial charge on any atom is -0.294 e. The van der Waals surface area contributed by atoms with Gasteiger partial charge in [-0.1, -0.05) is 41.9 Å². The summed E-state index contributed by atoms with van der Waals surface area (Å²) < 4.78 is 5.85. The van der Waals surface area contributed by atoms with Crippen molar-refractivity contribution in [2.45, 2.75) is 6.92 Å². The summed E-state index contributed by atoms with van der Waals surface area (Å²) >= 11 is 7.02. The van der Waals surface area contributed by atoms with Gasteiger partial charge < -0.3 is 0 Å². The number of aryl methyl sites for hydroxylation is 1. The first kappa shape index (κ1) is 17.3. The molecule has 0 bridgehead atoms. The van der Waals surface area contributed by atoms with E-state index in [4.69, 9.17) is 11.6 Å². The van der Waals surface area contributed by atoms with E-state index in [1.807, 2.05) is 42.5 Å². The second-order valence-electron chi connectivity index (χ2n) is 5.61. The first-order chi connectivity index (χ1) is 13.1. The van der Waals surface area contributed by atoms with E-state index in [9.17, 15) is 4.79 Å². The number of amides is 1. The third kappa shape index (κ3) is 3.71. The highest BCUT2D eigenvalue weighted by molar-refractivity contribution is 7.10. The molecule has 0 saturated carbocycles. The first-order valence-electron chi connectivity index (χ1n) is 8.00. The fourth-order valence-electron chi connectivity index (χ4n) is 2.44. The van der Waals surface area contributed by atoms with Crippen molar-refractivity contribution in [3.8, 4) is 17.1 Å². The number of carbonyl (C=O) groups is 1. The van der Waals surface area contributed by atoms with Crippen molar-refractivity contribution in [2.24, 2.45) is 0 Å². The normalized spacial score (nSPS) is 10.7. The number of hydrogen-bond acceptors (Lipinski definition) is 6. The molecule has 4 rings (SSSR count). The fourth-order valence-corrected chi connectivity index (χ4v) is 3.16. The Hall–Kier alpha value is -3.10. The molecular weight excluding hydrogens is 384 g/mol. The minimum atomic E-state index is -0.443. The van der Waals surface area contributed by atoms with Crippen molar-refractivity contribution in [1.29, 1.82) is 0 Å². The lowest BCUT2D eigenvalue weighted by atomic mass is 10.2. The molecule has 0 atom stereocenters. The summed E-state index contributed by atoms with van der Waals surface area (Å²) in [6.07, 6.45) is 0. The van der Waals surface area contributed by atoms with Gasteiger partial charge in [-0.3, -0.25) is 10.1 Å². The topological polar surface area (TPSA) is 85.6 Å². The van der Waals surface area contributed by atoms with E-state index < -0.39 is 5.91 Å². The first-order valence-corrected chi connectivity index (χ1v) is 9.15. The number of aromatic nitrogens is 5. The van der Waals surface area contributed by atoms with E-state index in [1.54, 1.807) is 23.7 Å². The van der Waals surface area contributed by atoms with Gasteiger partial charge in [-0.25, -0.2) is 9.67 Å². The van der Waals surface area contributed by atoms with Crippen LogP contribution in [0.25, 0.3) is 17.1 Å². The van der Waals surface area contributed by atoms with E-state index >= 15 is 0 Å². The Labute approximate surface area is 163 Å². The quantitative estimate of drug-likeness (QED) is 0.563. The molecule has 2 aromatic heterocycles. The van der Waals surface area contributed by atoms with Crippen LogP contribution in [-0.2, 0) is 0 Å². The summed E-state index contributed by atoms with van der Waals surface area (Å²) in [7, 11) is 0. The third-order valence-corrected chi connectivity index (χ3v) is 4.60. The van der Waals surface area contributed by atoms with Crippen LogP contribution in [0.2, 0.25) is 5.02 Å². The van der Waals surface area contributed by atoms with Crippen molar-refractivity contribution >= 4 is 34.2 Å². The Morgan fingerprint density at radius 3 is 2.56 bits per heavy atom. The number of carbonyl (C=O) groups excluding carboxylic acids is 1. The number of anilines is 1. The number of halogens is 1. The lowest BCUT2D eigenvalue weighted by Crippen LogP contribution is -2.14. The second kappa shape index (κ2) is 7.26. The van der Waals surface area contributed by atoms with Gasteiger partial charge in [-0.05, 0) is 31.2 Å². The molecule has 1 N–H and O–H groups in total. The molecule has 2 heterocycles. The van der Waals surface area contributed by atoms with Crippen LogP contribution in [0, 0.1) is 6.92 Å². The zero-order chi connectivity index (χ0) is 18.8. The Balaban J connectivity index is 1.53. The van der Waals surface area contributed by atoms with Gasteiger partial charge in [0.25, 0.3) is 5.91 Å². The molecular formula is C18H13ClN6OS. The molecule has 0 aliphatic heterocycles. The maximum Gasteiger partial charge on any atom is 0.297 e. The van der Waals surface area contributed by atoms with Crippen LogP contribution in [0.5, 0.6) is 0 Å². The number of rotatable bonds is 4. The Morgan fingerprint density at radius 1 is 1.07 bits per heavy atom. The highest BCUT2D eigenvalue weighted by Crippen LogP contribution is 2.21. The summed E-state index contributed by atoms with van der Waals surface area (Å²) in [6.45, 7) is 1.77. The van der Waals surface area contributed by atoms with Crippen LogP contribution >= 0.6 is 23.1 Å². The van der Waals surface area contributed by atoms with E-state index in [0.717, 1.165) is 22.8 Å². The predicted molar refractivity (Wildman–Crippen MR) is 104 cm³/mol. The van der Waals surface area contributed by atoms with E-state index in [2.05, 4.69) is 24.8 Å². The number of nitrogens with one attached hydrogen (secondary N) is 1. The Kier molecular flexibility index (Phi) is 4.66. The molecule has 0 unspecified atom stereocenters. The molecule has 2 aromatic carbocycles. The number of benzene rings is 2. The molecule has 1 amide bonds. The Bertz CT molecular complexity index is 1090. The van der Waals surface area contributed by atoms with E-state index in [-0.39, 0.29) is 5.82 Å². The summed E-state index contributed by atoms with van der Waals surface area (Å²) in [6, 6.07) is 16.7. The maximum absolute atomic E-state index is 12.5. The summed E-state index contributed by atoms with van der Waals surface area (Å²) in [4.78, 5) is 21.1. The summed E-state index contributed by atoms with van der Waals surface area (Å²) in [5.41, 5.74) is 1.65. The lowest BCUT2D eigenvalue weighted by Gasteiger charge is -2.02. The van der Waals surface area contributed by atoms with Crippen LogP contribution in [0.4, 0.5) is 5.13 Å². The molecule has 0 aliphatic rings. The average molecular weight is 397 g/mol. The van der Waals surface area contributed by atoms with Gasteiger partial charge in [-0.15, -0.1) is 5.10 Å². The van der Waals surface area contributed by atoms with Crippen molar-refractivity contribution in [3.63, 3.8) is 0 Å². The highest BCUT2D eigenvalue weighted by Gasteiger charge is 2.17. The lowest BCUT2D eigenvalue weighted by molar-refractivity contribution is 0.101. The highest BCUT2D eigenvalue weighted by atomic mass is 35.5. The third-order valence-electron chi connectivity index (χ3n) is 3.72. The smallest absolute Gasteiger partial charge is 0.294 e. The van der Waals surface area contributed by atoms with Crippen LogP contribution in [0.3, 0.4) is 0 Å². The van der Waals surface area contributed by atoms with Gasteiger partial charge in [-0.2, -0.15) is 9.36 Å².